The number of halogens is 2. The zero-order valence-electron chi connectivity index (χ0n) is 16.6. The normalized spacial score (nSPS) is 17.3. The quantitative estimate of drug-likeness (QED) is 0.357. The van der Waals surface area contributed by atoms with Gasteiger partial charge in [0.05, 0.1) is 19.2 Å². The second-order valence-electron chi connectivity index (χ2n) is 7.12. The van der Waals surface area contributed by atoms with Gasteiger partial charge in [-0.05, 0) is 98.3 Å². The Balaban J connectivity index is 1.48. The molecular formula is C22H18I2N2O4S. The fourth-order valence-corrected chi connectivity index (χ4v) is 6.68. The Morgan fingerprint density at radius 1 is 1.16 bits per heavy atom. The van der Waals surface area contributed by atoms with Crippen molar-refractivity contribution < 1.29 is 19.1 Å². The SMILES string of the molecule is COc1c(I)cc(/C=C2\SC(=O)N(CC(=O)N3CCc4ccccc4C3)C2=O)cc1I. The molecule has 1 saturated heterocycles. The number of nitrogens with zero attached hydrogens (tertiary/aromatic N) is 2. The van der Waals surface area contributed by atoms with E-state index in [9.17, 15) is 14.4 Å². The number of hydrogen-bond acceptors (Lipinski definition) is 5. The number of ether oxygens (including phenoxy) is 1. The monoisotopic (exact) mass is 660 g/mol. The number of amides is 3. The molecular weight excluding hydrogens is 642 g/mol. The first-order valence-electron chi connectivity index (χ1n) is 9.50. The number of benzene rings is 2. The van der Waals surface area contributed by atoms with Crippen LogP contribution in [0.4, 0.5) is 4.79 Å². The first-order valence-corrected chi connectivity index (χ1v) is 12.5. The zero-order valence-corrected chi connectivity index (χ0v) is 21.7. The summed E-state index contributed by atoms with van der Waals surface area (Å²) in [7, 11) is 1.61. The predicted octanol–water partition coefficient (Wildman–Crippen LogP) is 4.53. The summed E-state index contributed by atoms with van der Waals surface area (Å²) >= 11 is 5.22. The fourth-order valence-electron chi connectivity index (χ4n) is 3.59. The van der Waals surface area contributed by atoms with E-state index in [2.05, 4.69) is 51.2 Å². The van der Waals surface area contributed by atoms with Crippen LogP contribution in [0.2, 0.25) is 0 Å². The van der Waals surface area contributed by atoms with Gasteiger partial charge in [0.25, 0.3) is 11.1 Å². The molecule has 3 amide bonds. The molecule has 0 radical (unpaired) electrons. The lowest BCUT2D eigenvalue weighted by Gasteiger charge is -2.29. The Bertz CT molecular complexity index is 1100. The van der Waals surface area contributed by atoms with Crippen molar-refractivity contribution >= 4 is 80.1 Å². The van der Waals surface area contributed by atoms with Crippen LogP contribution in [-0.4, -0.2) is 47.1 Å². The number of hydrogen-bond donors (Lipinski definition) is 0. The highest BCUT2D eigenvalue weighted by molar-refractivity contribution is 14.1. The van der Waals surface area contributed by atoms with Gasteiger partial charge in [-0.15, -0.1) is 0 Å². The number of carbonyl (C=O) groups excluding carboxylic acids is 3. The minimum atomic E-state index is -0.429. The molecule has 0 bridgehead atoms. The fraction of sp³-hybridized carbons (Fsp3) is 0.227. The van der Waals surface area contributed by atoms with E-state index in [1.54, 1.807) is 18.1 Å². The molecule has 9 heteroatoms. The van der Waals surface area contributed by atoms with Crippen LogP contribution in [0.3, 0.4) is 0 Å². The van der Waals surface area contributed by atoms with E-state index in [1.807, 2.05) is 30.3 Å². The minimum absolute atomic E-state index is 0.216. The molecule has 1 fully saturated rings. The molecule has 2 aromatic carbocycles. The van der Waals surface area contributed by atoms with Crippen molar-refractivity contribution in [1.29, 1.82) is 0 Å². The van der Waals surface area contributed by atoms with E-state index in [1.165, 1.54) is 5.56 Å². The molecule has 0 unspecified atom stereocenters. The summed E-state index contributed by atoms with van der Waals surface area (Å²) in [4.78, 5) is 41.2. The van der Waals surface area contributed by atoms with Gasteiger partial charge in [0.1, 0.15) is 12.3 Å². The standard InChI is InChI=1S/C22H18I2N2O4S/c1-30-20-16(23)8-13(9-17(20)24)10-18-21(28)26(22(29)31-18)12-19(27)25-7-6-14-4-2-3-5-15(14)11-25/h2-5,8-10H,6-7,11-12H2,1H3/b18-10-. The first kappa shape index (κ1) is 22.6. The van der Waals surface area contributed by atoms with Gasteiger partial charge in [-0.1, -0.05) is 24.3 Å². The van der Waals surface area contributed by atoms with Crippen LogP contribution in [0, 0.1) is 7.14 Å². The summed E-state index contributed by atoms with van der Waals surface area (Å²) in [5.74, 6) is 0.133. The minimum Gasteiger partial charge on any atom is -0.495 e. The summed E-state index contributed by atoms with van der Waals surface area (Å²) in [5, 5.41) is -0.417. The molecule has 0 atom stereocenters. The lowest BCUT2D eigenvalue weighted by molar-refractivity contribution is -0.136. The lowest BCUT2D eigenvalue weighted by Crippen LogP contribution is -2.44. The third-order valence-electron chi connectivity index (χ3n) is 5.17. The molecule has 0 spiro atoms. The third-order valence-corrected chi connectivity index (χ3v) is 7.68. The van der Waals surface area contributed by atoms with Gasteiger partial charge in [-0.2, -0.15) is 0 Å². The highest BCUT2D eigenvalue weighted by atomic mass is 127. The van der Waals surface area contributed by atoms with Gasteiger partial charge in [-0.3, -0.25) is 19.3 Å². The number of thioether (sulfide) groups is 1. The van der Waals surface area contributed by atoms with E-state index < -0.39 is 11.1 Å². The van der Waals surface area contributed by atoms with Crippen molar-refractivity contribution in [2.45, 2.75) is 13.0 Å². The molecule has 0 saturated carbocycles. The second kappa shape index (κ2) is 9.49. The van der Waals surface area contributed by atoms with E-state index in [-0.39, 0.29) is 12.5 Å². The van der Waals surface area contributed by atoms with Crippen molar-refractivity contribution in [1.82, 2.24) is 9.80 Å². The van der Waals surface area contributed by atoms with Crippen LogP contribution in [0.1, 0.15) is 16.7 Å². The zero-order chi connectivity index (χ0) is 22.1. The Morgan fingerprint density at radius 2 is 1.84 bits per heavy atom. The van der Waals surface area contributed by atoms with Crippen LogP contribution in [0.15, 0.2) is 41.3 Å². The molecule has 0 aromatic heterocycles. The van der Waals surface area contributed by atoms with Gasteiger partial charge < -0.3 is 9.64 Å². The molecule has 160 valence electrons. The number of fused-ring (bicyclic) bond motifs is 1. The van der Waals surface area contributed by atoms with Crippen molar-refractivity contribution in [2.24, 2.45) is 0 Å². The maximum Gasteiger partial charge on any atom is 0.294 e. The smallest absolute Gasteiger partial charge is 0.294 e. The Labute approximate surface area is 211 Å². The number of carbonyl (C=O) groups is 3. The van der Waals surface area contributed by atoms with Crippen molar-refractivity contribution in [3.05, 3.63) is 65.1 Å². The molecule has 2 aliphatic heterocycles. The molecule has 4 rings (SSSR count). The average Bonchev–Trinajstić information content (AvgIpc) is 3.00. The van der Waals surface area contributed by atoms with Crippen molar-refractivity contribution in [3.63, 3.8) is 0 Å². The molecule has 2 aliphatic rings. The van der Waals surface area contributed by atoms with E-state index in [0.717, 1.165) is 47.1 Å². The predicted molar refractivity (Wildman–Crippen MR) is 137 cm³/mol. The van der Waals surface area contributed by atoms with Gasteiger partial charge in [0.15, 0.2) is 0 Å². The Morgan fingerprint density at radius 3 is 2.52 bits per heavy atom. The molecule has 31 heavy (non-hydrogen) atoms. The summed E-state index contributed by atoms with van der Waals surface area (Å²) in [6, 6.07) is 11.8. The average molecular weight is 660 g/mol. The maximum absolute atomic E-state index is 12.8. The number of methoxy groups -OCH3 is 1. The van der Waals surface area contributed by atoms with E-state index in [0.29, 0.717) is 18.0 Å². The molecule has 2 heterocycles. The van der Waals surface area contributed by atoms with Gasteiger partial charge in [0.2, 0.25) is 5.91 Å². The van der Waals surface area contributed by atoms with Crippen LogP contribution in [0.5, 0.6) is 5.75 Å². The maximum atomic E-state index is 12.8. The largest absolute Gasteiger partial charge is 0.495 e. The van der Waals surface area contributed by atoms with Crippen LogP contribution >= 0.6 is 56.9 Å². The molecule has 6 nitrogen and oxygen atoms in total. The van der Waals surface area contributed by atoms with Crippen LogP contribution in [0.25, 0.3) is 6.08 Å². The highest BCUT2D eigenvalue weighted by Gasteiger charge is 2.37. The Hall–Kier alpha value is -1.60. The first-order chi connectivity index (χ1) is 14.9. The lowest BCUT2D eigenvalue weighted by atomic mass is 10.00. The summed E-state index contributed by atoms with van der Waals surface area (Å²) in [6.07, 6.45) is 2.47. The van der Waals surface area contributed by atoms with Gasteiger partial charge in [-0.25, -0.2) is 0 Å². The Kier molecular flexibility index (Phi) is 6.92. The van der Waals surface area contributed by atoms with Crippen molar-refractivity contribution in [2.75, 3.05) is 20.2 Å². The molecule has 0 aliphatic carbocycles. The van der Waals surface area contributed by atoms with E-state index >= 15 is 0 Å². The number of rotatable bonds is 4. The van der Waals surface area contributed by atoms with Crippen LogP contribution in [-0.2, 0) is 22.6 Å². The van der Waals surface area contributed by atoms with Crippen LogP contribution < -0.4 is 4.74 Å². The highest BCUT2D eigenvalue weighted by Crippen LogP contribution is 2.34. The molecule has 2 aromatic rings. The summed E-state index contributed by atoms with van der Waals surface area (Å²) < 4.78 is 7.20. The summed E-state index contributed by atoms with van der Waals surface area (Å²) in [5.41, 5.74) is 3.16. The van der Waals surface area contributed by atoms with Gasteiger partial charge in [0, 0.05) is 13.1 Å². The van der Waals surface area contributed by atoms with Gasteiger partial charge >= 0.3 is 0 Å². The summed E-state index contributed by atoms with van der Waals surface area (Å²) in [6.45, 7) is 0.857. The topological polar surface area (TPSA) is 66.9 Å². The van der Waals surface area contributed by atoms with Crippen molar-refractivity contribution in [3.8, 4) is 5.75 Å². The third kappa shape index (κ3) is 4.77. The second-order valence-corrected chi connectivity index (χ2v) is 10.4. The van der Waals surface area contributed by atoms with E-state index in [4.69, 9.17) is 4.74 Å². The molecule has 0 N–H and O–H groups in total. The number of imide groups is 1.